The summed E-state index contributed by atoms with van der Waals surface area (Å²) in [6.45, 7) is 8.37. The van der Waals surface area contributed by atoms with E-state index in [1.54, 1.807) is 4.90 Å². The lowest BCUT2D eigenvalue weighted by molar-refractivity contribution is -0.135. The molecule has 1 aromatic carbocycles. The van der Waals surface area contributed by atoms with Crippen molar-refractivity contribution in [3.05, 3.63) is 34.5 Å². The van der Waals surface area contributed by atoms with Gasteiger partial charge in [0.2, 0.25) is 5.91 Å². The Morgan fingerprint density at radius 1 is 1.16 bits per heavy atom. The molecule has 2 aromatic rings. The number of aromatic amines is 1. The van der Waals surface area contributed by atoms with Crippen LogP contribution in [0.1, 0.15) is 44.0 Å². The molecule has 1 saturated heterocycles. The zero-order valence-electron chi connectivity index (χ0n) is 18.9. The van der Waals surface area contributed by atoms with Gasteiger partial charge >= 0.3 is 0 Å². The van der Waals surface area contributed by atoms with Crippen molar-refractivity contribution in [2.75, 3.05) is 45.8 Å². The van der Waals surface area contributed by atoms with Gasteiger partial charge in [0.15, 0.2) is 0 Å². The highest BCUT2D eigenvalue weighted by atomic mass is 35.5. The number of rotatable bonds is 7. The van der Waals surface area contributed by atoms with E-state index in [9.17, 15) is 13.6 Å². The number of hydrogen-bond acceptors (Lipinski definition) is 3. The highest BCUT2D eigenvalue weighted by Crippen LogP contribution is 2.38. The highest BCUT2D eigenvalue weighted by Gasteiger charge is 2.33. The second-order valence-electron chi connectivity index (χ2n) is 9.47. The minimum Gasteiger partial charge on any atom is -0.356 e. The van der Waals surface area contributed by atoms with E-state index in [2.05, 4.69) is 23.7 Å². The van der Waals surface area contributed by atoms with E-state index in [1.807, 2.05) is 23.1 Å². The molecule has 8 heteroatoms. The summed E-state index contributed by atoms with van der Waals surface area (Å²) in [7, 11) is 0. The molecule has 3 heterocycles. The first-order valence-electron chi connectivity index (χ1n) is 11.6. The van der Waals surface area contributed by atoms with Crippen molar-refractivity contribution in [2.45, 2.75) is 45.6 Å². The average Bonchev–Trinajstić information content (AvgIpc) is 3.11. The van der Waals surface area contributed by atoms with Crippen LogP contribution in [0, 0.1) is 5.92 Å². The van der Waals surface area contributed by atoms with Crippen LogP contribution in [0.15, 0.2) is 18.2 Å². The Morgan fingerprint density at radius 3 is 2.56 bits per heavy atom. The molecule has 5 nitrogen and oxygen atoms in total. The summed E-state index contributed by atoms with van der Waals surface area (Å²) < 4.78 is 25.2. The summed E-state index contributed by atoms with van der Waals surface area (Å²) in [5, 5.41) is 1.89. The van der Waals surface area contributed by atoms with Crippen molar-refractivity contribution >= 4 is 28.4 Å². The Bertz CT molecular complexity index is 939. The van der Waals surface area contributed by atoms with Crippen molar-refractivity contribution in [2.24, 2.45) is 5.92 Å². The van der Waals surface area contributed by atoms with Crippen LogP contribution in [-0.4, -0.2) is 77.8 Å². The van der Waals surface area contributed by atoms with Crippen LogP contribution in [0.3, 0.4) is 0 Å². The van der Waals surface area contributed by atoms with Gasteiger partial charge in [0.05, 0.1) is 12.6 Å². The number of carbonyl (C=O) groups is 1. The largest absolute Gasteiger partial charge is 0.356 e. The van der Waals surface area contributed by atoms with Gasteiger partial charge in [-0.25, -0.2) is 8.78 Å². The molecule has 1 N–H and O–H groups in total. The van der Waals surface area contributed by atoms with Crippen LogP contribution in [0.25, 0.3) is 10.9 Å². The molecule has 1 aromatic heterocycles. The molecular weight excluding hydrogens is 434 g/mol. The fraction of sp³-hybridized carbons (Fsp3) is 0.625. The van der Waals surface area contributed by atoms with Gasteiger partial charge in [-0.3, -0.25) is 9.69 Å². The standard InChI is InChI=1S/C24H33ClF2N4O/c1-16(2)13-21-24-18(19-14-17(25)3-4-20(19)28-24)5-8-31(21)23(32)6-7-29-9-11-30(12-10-29)15-22(26)27/h3-4,14,16,21-22,28H,5-13,15H2,1-2H3. The van der Waals surface area contributed by atoms with E-state index in [4.69, 9.17) is 11.6 Å². The van der Waals surface area contributed by atoms with Gasteiger partial charge in [-0.1, -0.05) is 25.4 Å². The maximum atomic E-state index is 13.3. The number of nitrogens with one attached hydrogen (secondary N) is 1. The maximum Gasteiger partial charge on any atom is 0.251 e. The minimum absolute atomic E-state index is 0.0420. The number of benzene rings is 1. The van der Waals surface area contributed by atoms with Crippen LogP contribution in [-0.2, 0) is 11.2 Å². The van der Waals surface area contributed by atoms with Crippen LogP contribution < -0.4 is 0 Å². The second-order valence-corrected chi connectivity index (χ2v) is 9.91. The lowest BCUT2D eigenvalue weighted by Crippen LogP contribution is -2.49. The lowest BCUT2D eigenvalue weighted by Gasteiger charge is -2.38. The third kappa shape index (κ3) is 5.26. The molecule has 0 aliphatic carbocycles. The van der Waals surface area contributed by atoms with E-state index < -0.39 is 6.43 Å². The Labute approximate surface area is 193 Å². The molecule has 176 valence electrons. The van der Waals surface area contributed by atoms with E-state index in [1.165, 1.54) is 5.56 Å². The molecule has 0 saturated carbocycles. The molecular formula is C24H33ClF2N4O. The Morgan fingerprint density at radius 2 is 1.88 bits per heavy atom. The number of nitrogens with zero attached hydrogens (tertiary/aromatic N) is 3. The molecule has 1 atom stereocenters. The minimum atomic E-state index is -2.29. The SMILES string of the molecule is CC(C)CC1c2[nH]c3ccc(Cl)cc3c2CCN1C(=O)CCN1CCN(CC(F)F)CC1. The zero-order chi connectivity index (χ0) is 22.8. The van der Waals surface area contributed by atoms with Gasteiger partial charge in [0.1, 0.15) is 0 Å². The summed E-state index contributed by atoms with van der Waals surface area (Å²) in [5.74, 6) is 0.632. The second kappa shape index (κ2) is 10.1. The van der Waals surface area contributed by atoms with Gasteiger partial charge in [-0.15, -0.1) is 0 Å². The summed E-state index contributed by atoms with van der Waals surface area (Å²) in [6.07, 6.45) is -0.0932. The normalized spacial score (nSPS) is 20.5. The molecule has 1 amide bonds. The summed E-state index contributed by atoms with van der Waals surface area (Å²) in [4.78, 5) is 22.9. The van der Waals surface area contributed by atoms with Gasteiger partial charge in [0.25, 0.3) is 6.43 Å². The van der Waals surface area contributed by atoms with Crippen LogP contribution in [0.5, 0.6) is 0 Å². The number of halogens is 3. The fourth-order valence-electron chi connectivity index (χ4n) is 5.12. The van der Waals surface area contributed by atoms with Crippen LogP contribution in [0.4, 0.5) is 8.78 Å². The van der Waals surface area contributed by atoms with E-state index >= 15 is 0 Å². The topological polar surface area (TPSA) is 42.6 Å². The Balaban J connectivity index is 1.42. The molecule has 1 fully saturated rings. The number of amides is 1. The lowest BCUT2D eigenvalue weighted by atomic mass is 9.91. The molecule has 2 aliphatic heterocycles. The monoisotopic (exact) mass is 466 g/mol. The first-order chi connectivity index (χ1) is 15.3. The molecule has 0 bridgehead atoms. The van der Waals surface area contributed by atoms with E-state index in [0.29, 0.717) is 38.5 Å². The summed E-state index contributed by atoms with van der Waals surface area (Å²) in [6, 6.07) is 5.97. The van der Waals surface area contributed by atoms with Crippen molar-refractivity contribution in [3.8, 4) is 0 Å². The number of H-pyrrole nitrogens is 1. The predicted molar refractivity (Wildman–Crippen MR) is 124 cm³/mol. The number of alkyl halides is 2. The average molecular weight is 467 g/mol. The van der Waals surface area contributed by atoms with Gasteiger partial charge in [-0.2, -0.15) is 0 Å². The number of aromatic nitrogens is 1. The van der Waals surface area contributed by atoms with Crippen molar-refractivity contribution in [1.29, 1.82) is 0 Å². The first-order valence-corrected chi connectivity index (χ1v) is 12.0. The quantitative estimate of drug-likeness (QED) is 0.650. The molecule has 0 spiro atoms. The first kappa shape index (κ1) is 23.5. The van der Waals surface area contributed by atoms with Crippen LogP contribution in [0.2, 0.25) is 5.02 Å². The van der Waals surface area contributed by atoms with Crippen LogP contribution >= 0.6 is 11.6 Å². The predicted octanol–water partition coefficient (Wildman–Crippen LogP) is 4.57. The number of piperazine rings is 1. The number of carbonyl (C=O) groups excluding carboxylic acids is 1. The fourth-order valence-corrected chi connectivity index (χ4v) is 5.29. The van der Waals surface area contributed by atoms with Gasteiger partial charge in [-0.05, 0) is 42.5 Å². The summed E-state index contributed by atoms with van der Waals surface area (Å²) in [5.41, 5.74) is 3.51. The Hall–Kier alpha value is -1.70. The third-order valence-corrected chi connectivity index (χ3v) is 6.97. The number of hydrogen-bond donors (Lipinski definition) is 1. The van der Waals surface area contributed by atoms with Crippen molar-refractivity contribution < 1.29 is 13.6 Å². The smallest absolute Gasteiger partial charge is 0.251 e. The molecule has 0 radical (unpaired) electrons. The summed E-state index contributed by atoms with van der Waals surface area (Å²) >= 11 is 6.24. The third-order valence-electron chi connectivity index (χ3n) is 6.73. The van der Waals surface area contributed by atoms with Crippen molar-refractivity contribution in [3.63, 3.8) is 0 Å². The zero-order valence-corrected chi connectivity index (χ0v) is 19.7. The number of fused-ring (bicyclic) bond motifs is 3. The molecule has 1 unspecified atom stereocenters. The van der Waals surface area contributed by atoms with Gasteiger partial charge in [0, 0.05) is 67.3 Å². The van der Waals surface area contributed by atoms with Crippen molar-refractivity contribution in [1.82, 2.24) is 19.7 Å². The van der Waals surface area contributed by atoms with Gasteiger partial charge < -0.3 is 14.8 Å². The molecule has 4 rings (SSSR count). The van der Waals surface area contributed by atoms with E-state index in [0.717, 1.165) is 47.6 Å². The molecule has 2 aliphatic rings. The van der Waals surface area contributed by atoms with E-state index in [-0.39, 0.29) is 18.5 Å². The Kier molecular flexibility index (Phi) is 7.37. The highest BCUT2D eigenvalue weighted by molar-refractivity contribution is 6.31. The molecule has 32 heavy (non-hydrogen) atoms. The maximum absolute atomic E-state index is 13.3.